The van der Waals surface area contributed by atoms with Gasteiger partial charge in [0, 0.05) is 35.7 Å². The highest BCUT2D eigenvalue weighted by atomic mass is 32.2. The Labute approximate surface area is 300 Å². The molecule has 5 N–H and O–H groups in total. The molecule has 3 aliphatic carbocycles. The molecule has 0 amide bonds. The average Bonchev–Trinajstić information content (AvgIpc) is 3.80. The highest BCUT2D eigenvalue weighted by Gasteiger charge is 2.66. The molecule has 13 nitrogen and oxygen atoms in total. The Morgan fingerprint density at radius 1 is 1.06 bits per heavy atom. The minimum Gasteiger partial charge on any atom is -0.375 e. The number of likely N-dealkylation sites (tertiary alicyclic amines) is 1. The monoisotopic (exact) mass is 750 g/mol. The van der Waals surface area contributed by atoms with Crippen LogP contribution in [0.4, 0.5) is 8.78 Å². The van der Waals surface area contributed by atoms with E-state index in [0.29, 0.717) is 50.5 Å². The number of nitro groups is 1. The minimum atomic E-state index is -3.89. The van der Waals surface area contributed by atoms with E-state index in [-0.39, 0.29) is 42.9 Å². The lowest BCUT2D eigenvalue weighted by molar-refractivity contribution is -0.536. The van der Waals surface area contributed by atoms with Crippen molar-refractivity contribution in [2.24, 2.45) is 11.8 Å². The van der Waals surface area contributed by atoms with E-state index in [4.69, 9.17) is 4.74 Å². The van der Waals surface area contributed by atoms with Crippen molar-refractivity contribution in [2.45, 2.75) is 154 Å². The largest absolute Gasteiger partial charge is 0.375 e. The molecule has 6 aliphatic rings. The van der Waals surface area contributed by atoms with Crippen LogP contribution in [0.25, 0.3) is 0 Å². The van der Waals surface area contributed by atoms with Gasteiger partial charge in [0.1, 0.15) is 17.8 Å². The number of thioether (sulfide) groups is 1. The van der Waals surface area contributed by atoms with Gasteiger partial charge in [0.15, 0.2) is 16.0 Å². The van der Waals surface area contributed by atoms with Crippen LogP contribution >= 0.6 is 11.8 Å². The molecule has 3 saturated carbocycles. The third-order valence-corrected chi connectivity index (χ3v) is 17.1. The number of sulfone groups is 1. The van der Waals surface area contributed by atoms with Crippen molar-refractivity contribution < 1.29 is 26.9 Å². The van der Waals surface area contributed by atoms with Gasteiger partial charge in [-0.15, -0.1) is 11.8 Å². The van der Waals surface area contributed by atoms with Gasteiger partial charge in [-0.3, -0.25) is 36.4 Å². The highest BCUT2D eigenvalue weighted by molar-refractivity contribution is 8.00. The number of rotatable bonds is 13. The summed E-state index contributed by atoms with van der Waals surface area (Å²) in [6.07, 6.45) is 2.70. The van der Waals surface area contributed by atoms with Crippen LogP contribution in [0.3, 0.4) is 0 Å². The molecule has 0 bridgehead atoms. The van der Waals surface area contributed by atoms with Crippen LogP contribution in [0, 0.1) is 22.0 Å². The van der Waals surface area contributed by atoms with E-state index in [1.807, 2.05) is 0 Å². The van der Waals surface area contributed by atoms with E-state index in [0.717, 1.165) is 38.9 Å². The number of piperidine rings is 1. The Balaban J connectivity index is 1.11. The van der Waals surface area contributed by atoms with Crippen LogP contribution in [0.2, 0.25) is 0 Å². The van der Waals surface area contributed by atoms with Crippen molar-refractivity contribution >= 4 is 21.6 Å². The summed E-state index contributed by atoms with van der Waals surface area (Å²) in [6, 6.07) is -1.05. The van der Waals surface area contributed by atoms with Gasteiger partial charge in [-0.05, 0) is 117 Å². The number of nitrogens with one attached hydrogen (secondary N) is 5. The van der Waals surface area contributed by atoms with E-state index in [2.05, 4.69) is 57.6 Å². The van der Waals surface area contributed by atoms with Crippen molar-refractivity contribution in [3.8, 4) is 0 Å². The van der Waals surface area contributed by atoms with Crippen LogP contribution in [-0.2, 0) is 14.6 Å². The predicted octanol–water partition coefficient (Wildman–Crippen LogP) is 2.32. The first kappa shape index (κ1) is 38.9. The average molecular weight is 751 g/mol. The first-order chi connectivity index (χ1) is 23.8. The molecule has 0 aromatic heterocycles. The molecule has 12 unspecified atom stereocenters. The van der Waals surface area contributed by atoms with Crippen LogP contribution < -0.4 is 26.8 Å². The van der Waals surface area contributed by atoms with Crippen molar-refractivity contribution in [1.29, 1.82) is 0 Å². The summed E-state index contributed by atoms with van der Waals surface area (Å²) in [4.78, 5) is 15.6. The summed E-state index contributed by atoms with van der Waals surface area (Å²) in [7, 11) is 2.07. The summed E-state index contributed by atoms with van der Waals surface area (Å²) in [5.74, 6) is -0.208. The minimum absolute atomic E-state index is 0.0272. The Hall–Kier alpha value is -0.760. The fourth-order valence-electron chi connectivity index (χ4n) is 9.43. The third kappa shape index (κ3) is 8.31. The molecule has 3 saturated heterocycles. The fourth-order valence-corrected chi connectivity index (χ4v) is 13.7. The molecule has 0 spiro atoms. The second-order valence-corrected chi connectivity index (χ2v) is 20.0. The summed E-state index contributed by atoms with van der Waals surface area (Å²) in [5.41, 5.74) is 6.29. The first-order valence-electron chi connectivity index (χ1n) is 18.8. The van der Waals surface area contributed by atoms with Gasteiger partial charge >= 0.3 is 0 Å². The van der Waals surface area contributed by atoms with Crippen LogP contribution in [-0.4, -0.2) is 134 Å². The maximum Gasteiger partial charge on any atom is 0.244 e. The van der Waals surface area contributed by atoms with Gasteiger partial charge in [-0.25, -0.2) is 22.6 Å². The molecule has 6 rings (SSSR count). The molecule has 12 atom stereocenters. The summed E-state index contributed by atoms with van der Waals surface area (Å²) in [5, 5.41) is 21.3. The first-order valence-corrected chi connectivity index (χ1v) is 21.3. The SMILES string of the molecule is COC1C(NC2CC(C)NN2)NC(SC2CCC(S(=O)(=O)C3(C4CCCC([N+](=O)[O-])C4F)CC3)CC2F)NC1N1CCC(CCN(C)C)CC1. The van der Waals surface area contributed by atoms with Crippen molar-refractivity contribution in [3.05, 3.63) is 10.1 Å². The van der Waals surface area contributed by atoms with Crippen molar-refractivity contribution in [3.63, 3.8) is 0 Å². The summed E-state index contributed by atoms with van der Waals surface area (Å²) < 4.78 is 64.6. The molecule has 50 heavy (non-hydrogen) atoms. The second kappa shape index (κ2) is 16.3. The molecule has 6 fully saturated rings. The lowest BCUT2D eigenvalue weighted by Gasteiger charge is -2.50. The number of halogens is 2. The van der Waals surface area contributed by atoms with Gasteiger partial charge < -0.3 is 9.64 Å². The Morgan fingerprint density at radius 3 is 2.40 bits per heavy atom. The Kier molecular flexibility index (Phi) is 12.7. The van der Waals surface area contributed by atoms with Gasteiger partial charge in [0.2, 0.25) is 6.04 Å². The van der Waals surface area contributed by atoms with Crippen molar-refractivity contribution in [2.75, 3.05) is 40.8 Å². The van der Waals surface area contributed by atoms with E-state index in [1.165, 1.54) is 18.2 Å². The van der Waals surface area contributed by atoms with E-state index in [9.17, 15) is 18.5 Å². The smallest absolute Gasteiger partial charge is 0.244 e. The molecule has 288 valence electrons. The second-order valence-electron chi connectivity index (χ2n) is 16.1. The topological polar surface area (TPSA) is 153 Å². The maximum absolute atomic E-state index is 16.1. The van der Waals surface area contributed by atoms with E-state index < -0.39 is 54.3 Å². The highest BCUT2D eigenvalue weighted by Crippen LogP contribution is 2.57. The quantitative estimate of drug-likeness (QED) is 0.139. The molecular weight excluding hydrogens is 691 g/mol. The van der Waals surface area contributed by atoms with Crippen LogP contribution in [0.1, 0.15) is 84.0 Å². The van der Waals surface area contributed by atoms with E-state index >= 15 is 8.78 Å². The fraction of sp³-hybridized carbons (Fsp3) is 1.00. The normalized spacial score (nSPS) is 41.7. The molecule has 17 heteroatoms. The number of hydrogen-bond acceptors (Lipinski definition) is 13. The molecule has 0 aromatic rings. The van der Waals surface area contributed by atoms with Crippen molar-refractivity contribution in [1.82, 2.24) is 36.6 Å². The maximum atomic E-state index is 16.1. The Morgan fingerprint density at radius 2 is 1.80 bits per heavy atom. The molecule has 3 aliphatic heterocycles. The zero-order valence-electron chi connectivity index (χ0n) is 30.1. The number of alkyl halides is 2. The van der Waals surface area contributed by atoms with E-state index in [1.54, 1.807) is 7.11 Å². The predicted molar refractivity (Wildman–Crippen MR) is 191 cm³/mol. The molecule has 3 heterocycles. The summed E-state index contributed by atoms with van der Waals surface area (Å²) >= 11 is 1.48. The third-order valence-electron chi connectivity index (χ3n) is 12.5. The zero-order chi connectivity index (χ0) is 35.8. The number of ether oxygens (including phenoxy) is 1. The van der Waals surface area contributed by atoms with Gasteiger partial charge in [0.25, 0.3) is 0 Å². The number of hydrogen-bond donors (Lipinski definition) is 5. The number of methoxy groups -OCH3 is 1. The van der Waals surface area contributed by atoms with Crippen LogP contribution in [0.5, 0.6) is 0 Å². The number of hydrazine groups is 1. The zero-order valence-corrected chi connectivity index (χ0v) is 31.7. The molecule has 0 aromatic carbocycles. The van der Waals surface area contributed by atoms with Gasteiger partial charge in [-0.1, -0.05) is 0 Å². The molecule has 0 radical (unpaired) electrons. The lowest BCUT2D eigenvalue weighted by Crippen LogP contribution is -2.75. The lowest BCUT2D eigenvalue weighted by atomic mass is 9.81. The van der Waals surface area contributed by atoms with Gasteiger partial charge in [-0.2, -0.15) is 0 Å². The van der Waals surface area contributed by atoms with Crippen LogP contribution in [0.15, 0.2) is 0 Å². The summed E-state index contributed by atoms with van der Waals surface area (Å²) in [6.45, 7) is 5.09. The standard InChI is InChI=1S/C33H60F2N8O5S2/c1-20-18-27(40-39-20)36-30-29(48-4)31(42-16-11-21(12-17-42)10-15-41(2)3)38-32(37-30)49-26-9-8-22(19-24(26)34)50(46,47)33(13-14-33)23-6-5-7-25(28(23)35)43(44)45/h20-32,36-40H,5-19H2,1-4H3. The van der Waals surface area contributed by atoms with Gasteiger partial charge in [0.05, 0.1) is 28.5 Å². The Bertz CT molecular complexity index is 1260. The molecular formula is C33H60F2N8O5S2. The number of nitrogens with zero attached hydrogens (tertiary/aromatic N) is 3.